The van der Waals surface area contributed by atoms with Gasteiger partial charge in [-0.2, -0.15) is 0 Å². The highest BCUT2D eigenvalue weighted by Crippen LogP contribution is 2.28. The van der Waals surface area contributed by atoms with Gasteiger partial charge < -0.3 is 4.18 Å². The summed E-state index contributed by atoms with van der Waals surface area (Å²) in [6, 6.07) is 16.8. The van der Waals surface area contributed by atoms with Crippen LogP contribution in [-0.2, 0) is 9.94 Å². The summed E-state index contributed by atoms with van der Waals surface area (Å²) < 4.78 is 6.17. The third kappa shape index (κ3) is 3.35. The lowest BCUT2D eigenvalue weighted by atomic mass is 10.0. The first-order chi connectivity index (χ1) is 8.31. The fourth-order valence-corrected chi connectivity index (χ4v) is 2.67. The first kappa shape index (κ1) is 12.7. The van der Waals surface area contributed by atoms with Gasteiger partial charge in [-0.3, -0.25) is 0 Å². The number of hydrogen-bond acceptors (Lipinski definition) is 2. The Hall–Kier alpha value is -0.770. The van der Waals surface area contributed by atoms with Crippen molar-refractivity contribution in [2.24, 2.45) is 0 Å². The standard InChI is InChI=1S/C14H13BrOS/c1-16-17-10-13-9-12(7-8-14(13)15)11-5-3-2-4-6-11/h2-9H,10H2,1H3. The van der Waals surface area contributed by atoms with Crippen molar-refractivity contribution in [3.05, 3.63) is 58.6 Å². The molecule has 0 aliphatic rings. The van der Waals surface area contributed by atoms with Crippen molar-refractivity contribution < 1.29 is 4.18 Å². The van der Waals surface area contributed by atoms with Gasteiger partial charge in [-0.25, -0.2) is 0 Å². The lowest BCUT2D eigenvalue weighted by molar-refractivity contribution is 0.489. The molecule has 0 bridgehead atoms. The average Bonchev–Trinajstić information content (AvgIpc) is 2.39. The van der Waals surface area contributed by atoms with Gasteiger partial charge in [0.25, 0.3) is 0 Å². The van der Waals surface area contributed by atoms with E-state index in [9.17, 15) is 0 Å². The minimum absolute atomic E-state index is 0.845. The molecule has 0 radical (unpaired) electrons. The van der Waals surface area contributed by atoms with Crippen molar-refractivity contribution in [3.63, 3.8) is 0 Å². The highest BCUT2D eigenvalue weighted by Gasteiger charge is 2.03. The molecule has 0 fully saturated rings. The van der Waals surface area contributed by atoms with E-state index >= 15 is 0 Å². The molecule has 0 unspecified atom stereocenters. The Morgan fingerprint density at radius 2 is 1.82 bits per heavy atom. The molecule has 88 valence electrons. The summed E-state index contributed by atoms with van der Waals surface area (Å²) in [5, 5.41) is 0. The predicted octanol–water partition coefficient (Wildman–Crippen LogP) is 4.91. The normalized spacial score (nSPS) is 10.5. The van der Waals surface area contributed by atoms with Crippen LogP contribution in [-0.4, -0.2) is 7.11 Å². The van der Waals surface area contributed by atoms with Crippen LogP contribution in [0, 0.1) is 0 Å². The molecule has 0 amide bonds. The Balaban J connectivity index is 2.31. The molecule has 3 heteroatoms. The van der Waals surface area contributed by atoms with E-state index < -0.39 is 0 Å². The Bertz CT molecular complexity index is 485. The van der Waals surface area contributed by atoms with Gasteiger partial charge in [0.1, 0.15) is 0 Å². The van der Waals surface area contributed by atoms with Crippen molar-refractivity contribution in [2.75, 3.05) is 7.11 Å². The molecule has 0 atom stereocenters. The summed E-state index contributed by atoms with van der Waals surface area (Å²) in [5.41, 5.74) is 3.72. The van der Waals surface area contributed by atoms with Crippen LogP contribution in [0.25, 0.3) is 11.1 Å². The summed E-state index contributed by atoms with van der Waals surface area (Å²) in [7, 11) is 1.69. The molecule has 0 saturated carbocycles. The van der Waals surface area contributed by atoms with Gasteiger partial charge in [0.2, 0.25) is 0 Å². The van der Waals surface area contributed by atoms with Crippen LogP contribution in [0.1, 0.15) is 5.56 Å². The van der Waals surface area contributed by atoms with Crippen molar-refractivity contribution in [3.8, 4) is 11.1 Å². The van der Waals surface area contributed by atoms with Gasteiger partial charge in [0, 0.05) is 10.2 Å². The molecule has 0 aliphatic heterocycles. The second-order valence-electron chi connectivity index (χ2n) is 3.60. The van der Waals surface area contributed by atoms with Gasteiger partial charge >= 0.3 is 0 Å². The third-order valence-electron chi connectivity index (χ3n) is 2.49. The minimum atomic E-state index is 0.845. The zero-order valence-corrected chi connectivity index (χ0v) is 11.9. The molecule has 0 N–H and O–H groups in total. The topological polar surface area (TPSA) is 9.23 Å². The summed E-state index contributed by atoms with van der Waals surface area (Å²) in [6.45, 7) is 0. The van der Waals surface area contributed by atoms with E-state index in [-0.39, 0.29) is 0 Å². The van der Waals surface area contributed by atoms with Crippen LogP contribution in [0.3, 0.4) is 0 Å². The van der Waals surface area contributed by atoms with E-state index in [1.807, 2.05) is 6.07 Å². The third-order valence-corrected chi connectivity index (χ3v) is 3.92. The van der Waals surface area contributed by atoms with E-state index in [2.05, 4.69) is 58.4 Å². The largest absolute Gasteiger partial charge is 0.318 e. The van der Waals surface area contributed by atoms with Gasteiger partial charge in [-0.1, -0.05) is 52.3 Å². The maximum Gasteiger partial charge on any atom is 0.0503 e. The highest BCUT2D eigenvalue weighted by atomic mass is 79.9. The van der Waals surface area contributed by atoms with E-state index in [4.69, 9.17) is 4.18 Å². The quantitative estimate of drug-likeness (QED) is 0.742. The Kier molecular flexibility index (Phi) is 4.66. The number of hydrogen-bond donors (Lipinski definition) is 0. The Morgan fingerprint density at radius 3 is 2.53 bits per heavy atom. The predicted molar refractivity (Wildman–Crippen MR) is 77.9 cm³/mol. The molecule has 0 aliphatic carbocycles. The fourth-order valence-electron chi connectivity index (χ4n) is 1.62. The average molecular weight is 309 g/mol. The van der Waals surface area contributed by atoms with Gasteiger partial charge in [0.15, 0.2) is 0 Å². The zero-order valence-electron chi connectivity index (χ0n) is 9.52. The van der Waals surface area contributed by atoms with Crippen LogP contribution in [0.2, 0.25) is 0 Å². The van der Waals surface area contributed by atoms with Crippen LogP contribution in [0.4, 0.5) is 0 Å². The zero-order chi connectivity index (χ0) is 12.1. The van der Waals surface area contributed by atoms with Crippen LogP contribution in [0.5, 0.6) is 0 Å². The smallest absolute Gasteiger partial charge is 0.0503 e. The molecule has 1 nitrogen and oxygen atoms in total. The number of halogens is 1. The second kappa shape index (κ2) is 6.24. The molecular formula is C14H13BrOS. The van der Waals surface area contributed by atoms with Gasteiger partial charge in [-0.15, -0.1) is 0 Å². The van der Waals surface area contributed by atoms with Crippen LogP contribution < -0.4 is 0 Å². The van der Waals surface area contributed by atoms with Gasteiger partial charge in [-0.05, 0) is 40.9 Å². The maximum atomic E-state index is 5.04. The molecule has 2 aromatic carbocycles. The lowest BCUT2D eigenvalue weighted by Crippen LogP contribution is -1.86. The lowest BCUT2D eigenvalue weighted by Gasteiger charge is -2.07. The van der Waals surface area contributed by atoms with Crippen molar-refractivity contribution in [2.45, 2.75) is 5.75 Å². The van der Waals surface area contributed by atoms with Crippen molar-refractivity contribution in [1.29, 1.82) is 0 Å². The summed E-state index contributed by atoms with van der Waals surface area (Å²) in [4.78, 5) is 0. The summed E-state index contributed by atoms with van der Waals surface area (Å²) >= 11 is 5.01. The molecule has 17 heavy (non-hydrogen) atoms. The number of benzene rings is 2. The molecule has 0 heterocycles. The molecule has 0 aromatic heterocycles. The second-order valence-corrected chi connectivity index (χ2v) is 5.31. The van der Waals surface area contributed by atoms with Crippen LogP contribution >= 0.6 is 28.0 Å². The van der Waals surface area contributed by atoms with E-state index in [0.29, 0.717) is 0 Å². The van der Waals surface area contributed by atoms with Gasteiger partial charge in [0.05, 0.1) is 7.11 Å². The minimum Gasteiger partial charge on any atom is -0.318 e. The molecule has 0 spiro atoms. The van der Waals surface area contributed by atoms with Crippen molar-refractivity contribution >= 4 is 28.0 Å². The molecule has 2 rings (SSSR count). The Morgan fingerprint density at radius 1 is 1.06 bits per heavy atom. The summed E-state index contributed by atoms with van der Waals surface area (Å²) in [5.74, 6) is 0.845. The first-order valence-electron chi connectivity index (χ1n) is 5.30. The summed E-state index contributed by atoms with van der Waals surface area (Å²) in [6.07, 6.45) is 0. The maximum absolute atomic E-state index is 5.04. The monoisotopic (exact) mass is 308 g/mol. The SMILES string of the molecule is COSCc1cc(-c2ccccc2)ccc1Br. The van der Waals surface area contributed by atoms with Crippen molar-refractivity contribution in [1.82, 2.24) is 0 Å². The van der Waals surface area contributed by atoms with E-state index in [0.717, 1.165) is 10.2 Å². The van der Waals surface area contributed by atoms with E-state index in [1.54, 1.807) is 7.11 Å². The number of rotatable bonds is 4. The highest BCUT2D eigenvalue weighted by molar-refractivity contribution is 9.10. The molecule has 2 aromatic rings. The Labute approximate surface area is 115 Å². The van der Waals surface area contributed by atoms with E-state index in [1.165, 1.54) is 28.7 Å². The fraction of sp³-hybridized carbons (Fsp3) is 0.143. The molecule has 0 saturated heterocycles. The van der Waals surface area contributed by atoms with Crippen LogP contribution in [0.15, 0.2) is 53.0 Å². The molecular weight excluding hydrogens is 296 g/mol. The first-order valence-corrected chi connectivity index (χ1v) is 7.01.